The van der Waals surface area contributed by atoms with Gasteiger partial charge in [-0.1, -0.05) is 36.8 Å². The average Bonchev–Trinajstić information content (AvgIpc) is 3.28. The van der Waals surface area contributed by atoms with Gasteiger partial charge in [0, 0.05) is 6.07 Å². The molecule has 0 unspecified atom stereocenters. The zero-order valence-corrected chi connectivity index (χ0v) is 21.3. The first-order chi connectivity index (χ1) is 16.2. The highest BCUT2D eigenvalue weighted by molar-refractivity contribution is 6.90. The Kier molecular flexibility index (Phi) is 6.51. The second-order valence-corrected chi connectivity index (χ2v) is 13.6. The number of carbonyl (C=O) groups excluding carboxylic acids is 1. The van der Waals surface area contributed by atoms with Crippen LogP contribution < -0.4 is 29.5 Å². The van der Waals surface area contributed by atoms with E-state index in [0.717, 1.165) is 17.7 Å². The molecule has 0 atom stereocenters. The Labute approximate surface area is 199 Å². The van der Waals surface area contributed by atoms with Gasteiger partial charge in [-0.2, -0.15) is 9.97 Å². The second-order valence-electron chi connectivity index (χ2n) is 8.79. The maximum Gasteiger partial charge on any atom is 0.322 e. The number of ether oxygens (including phenoxy) is 4. The molecule has 1 aromatic carbocycles. The molecule has 0 saturated heterocycles. The number of anilines is 1. The van der Waals surface area contributed by atoms with Crippen molar-refractivity contribution in [3.8, 4) is 29.5 Å². The molecule has 10 heteroatoms. The molecule has 3 heterocycles. The van der Waals surface area contributed by atoms with Crippen molar-refractivity contribution in [2.24, 2.45) is 0 Å². The van der Waals surface area contributed by atoms with Crippen LogP contribution in [0.15, 0.2) is 28.7 Å². The van der Waals surface area contributed by atoms with Crippen LogP contribution >= 0.6 is 0 Å². The van der Waals surface area contributed by atoms with E-state index >= 15 is 0 Å². The summed E-state index contributed by atoms with van der Waals surface area (Å²) >= 11 is 0. The zero-order valence-electron chi connectivity index (χ0n) is 20.3. The Hall–Kier alpha value is -3.53. The highest BCUT2D eigenvalue weighted by Gasteiger charge is 2.30. The van der Waals surface area contributed by atoms with Gasteiger partial charge in [-0.15, -0.1) is 0 Å². The maximum absolute atomic E-state index is 12.9. The predicted molar refractivity (Wildman–Crippen MR) is 130 cm³/mol. The minimum Gasteiger partial charge on any atom is -0.479 e. The smallest absolute Gasteiger partial charge is 0.322 e. The van der Waals surface area contributed by atoms with Gasteiger partial charge in [0.25, 0.3) is 11.9 Å². The van der Waals surface area contributed by atoms with Crippen molar-refractivity contribution in [3.05, 3.63) is 41.2 Å². The molecule has 2 aromatic heterocycles. The number of fused-ring (bicyclic) bond motifs is 1. The van der Waals surface area contributed by atoms with E-state index in [4.69, 9.17) is 23.4 Å². The van der Waals surface area contributed by atoms with Crippen molar-refractivity contribution in [1.29, 1.82) is 0 Å². The number of benzene rings is 1. The summed E-state index contributed by atoms with van der Waals surface area (Å²) in [6.07, 6.45) is 2.36. The summed E-state index contributed by atoms with van der Waals surface area (Å²) in [5.74, 6) is 0.687. The zero-order chi connectivity index (χ0) is 24.5. The van der Waals surface area contributed by atoms with Crippen LogP contribution in [-0.4, -0.2) is 45.3 Å². The number of aromatic nitrogens is 2. The number of furan rings is 1. The fraction of sp³-hybridized carbons (Fsp3) is 0.375. The van der Waals surface area contributed by atoms with E-state index in [2.05, 4.69) is 40.5 Å². The first-order valence-electron chi connectivity index (χ1n) is 11.0. The van der Waals surface area contributed by atoms with Gasteiger partial charge in [0.2, 0.25) is 11.8 Å². The number of hydrogen-bond donors (Lipinski definition) is 1. The fourth-order valence-corrected chi connectivity index (χ4v) is 7.14. The van der Waals surface area contributed by atoms with E-state index in [1.807, 2.05) is 6.92 Å². The molecule has 0 fully saturated rings. The molecule has 0 bridgehead atoms. The fourth-order valence-electron chi connectivity index (χ4n) is 4.23. The minimum atomic E-state index is -1.48. The van der Waals surface area contributed by atoms with Crippen LogP contribution in [-0.2, 0) is 6.42 Å². The van der Waals surface area contributed by atoms with Gasteiger partial charge >= 0.3 is 6.01 Å². The Balaban J connectivity index is 1.56. The standard InChI is InChI=1S/C24H29N3O6Si/c1-14-12-15-8-7-11-34(5,6)18(15)13-17(14)33-19-10-9-16(32-19)21(28)25-20-22(29-2)26-24(31-4)27-23(20)30-3/h9-10,12-13H,7-8,11H2,1-6H3,(H,25,28). The van der Waals surface area contributed by atoms with Gasteiger partial charge in [0.05, 0.1) is 29.4 Å². The molecule has 0 radical (unpaired) electrons. The van der Waals surface area contributed by atoms with Crippen LogP contribution in [0.5, 0.6) is 29.5 Å². The third-order valence-corrected chi connectivity index (χ3v) is 9.55. The second kappa shape index (κ2) is 9.38. The first-order valence-corrected chi connectivity index (χ1v) is 14.2. The van der Waals surface area contributed by atoms with Gasteiger partial charge in [0.15, 0.2) is 11.4 Å². The normalized spacial score (nSPS) is 14.2. The summed E-state index contributed by atoms with van der Waals surface area (Å²) < 4.78 is 27.3. The Morgan fingerprint density at radius 2 is 1.76 bits per heavy atom. The number of amides is 1. The number of nitrogens with one attached hydrogen (secondary N) is 1. The molecule has 9 nitrogen and oxygen atoms in total. The van der Waals surface area contributed by atoms with Crippen molar-refractivity contribution in [2.45, 2.75) is 38.9 Å². The van der Waals surface area contributed by atoms with E-state index in [9.17, 15) is 4.79 Å². The molecule has 0 saturated carbocycles. The minimum absolute atomic E-state index is 0.0482. The molecule has 3 aromatic rings. The molecule has 0 aliphatic carbocycles. The van der Waals surface area contributed by atoms with Crippen LogP contribution in [0.4, 0.5) is 5.69 Å². The Morgan fingerprint density at radius 3 is 2.41 bits per heavy atom. The quantitative estimate of drug-likeness (QED) is 0.496. The van der Waals surface area contributed by atoms with Crippen LogP contribution in [0.1, 0.15) is 28.1 Å². The molecule has 1 N–H and O–H groups in total. The summed E-state index contributed by atoms with van der Waals surface area (Å²) in [4.78, 5) is 21.0. The van der Waals surface area contributed by atoms with E-state index < -0.39 is 14.0 Å². The largest absolute Gasteiger partial charge is 0.479 e. The first kappa shape index (κ1) is 23.6. The monoisotopic (exact) mass is 483 g/mol. The lowest BCUT2D eigenvalue weighted by atomic mass is 10.1. The van der Waals surface area contributed by atoms with Crippen molar-refractivity contribution >= 4 is 24.9 Å². The summed E-state index contributed by atoms with van der Waals surface area (Å²) in [5.41, 5.74) is 2.63. The predicted octanol–water partition coefficient (Wildman–Crippen LogP) is 4.31. The maximum atomic E-state index is 12.9. The molecule has 4 rings (SSSR count). The summed E-state index contributed by atoms with van der Waals surface area (Å²) in [6.45, 7) is 6.81. The van der Waals surface area contributed by atoms with Crippen LogP contribution in [0.25, 0.3) is 0 Å². The highest BCUT2D eigenvalue weighted by Crippen LogP contribution is 2.34. The lowest BCUT2D eigenvalue weighted by Gasteiger charge is -2.31. The van der Waals surface area contributed by atoms with Crippen molar-refractivity contribution in [2.75, 3.05) is 26.6 Å². The van der Waals surface area contributed by atoms with Gasteiger partial charge in [-0.3, -0.25) is 4.79 Å². The summed E-state index contributed by atoms with van der Waals surface area (Å²) in [5, 5.41) is 4.11. The Morgan fingerprint density at radius 1 is 1.06 bits per heavy atom. The molecular weight excluding hydrogens is 454 g/mol. The third kappa shape index (κ3) is 4.58. The van der Waals surface area contributed by atoms with Crippen molar-refractivity contribution in [1.82, 2.24) is 9.97 Å². The average molecular weight is 484 g/mol. The molecule has 1 aliphatic rings. The van der Waals surface area contributed by atoms with Gasteiger partial charge in [0.1, 0.15) is 5.75 Å². The molecule has 1 amide bonds. The number of hydrogen-bond acceptors (Lipinski definition) is 8. The van der Waals surface area contributed by atoms with Crippen LogP contribution in [0.3, 0.4) is 0 Å². The molecule has 0 spiro atoms. The van der Waals surface area contributed by atoms with E-state index in [1.54, 1.807) is 12.1 Å². The van der Waals surface area contributed by atoms with Crippen molar-refractivity contribution < 1.29 is 28.2 Å². The van der Waals surface area contributed by atoms with Crippen LogP contribution in [0.2, 0.25) is 19.1 Å². The third-order valence-electron chi connectivity index (χ3n) is 6.02. The molecule has 34 heavy (non-hydrogen) atoms. The number of carbonyl (C=O) groups is 1. The van der Waals surface area contributed by atoms with Gasteiger partial charge in [-0.25, -0.2) is 0 Å². The summed E-state index contributed by atoms with van der Waals surface area (Å²) in [7, 11) is 2.77. The summed E-state index contributed by atoms with van der Waals surface area (Å²) in [6, 6.07) is 8.86. The number of aryl methyl sites for hydroxylation is 2. The lowest BCUT2D eigenvalue weighted by molar-refractivity contribution is 0.0990. The van der Waals surface area contributed by atoms with Crippen LogP contribution in [0, 0.1) is 6.92 Å². The number of rotatable bonds is 7. The number of methoxy groups -OCH3 is 3. The topological polar surface area (TPSA) is 105 Å². The lowest BCUT2D eigenvalue weighted by Crippen LogP contribution is -2.46. The molecule has 180 valence electrons. The number of nitrogens with zero attached hydrogens (tertiary/aromatic N) is 2. The van der Waals surface area contributed by atoms with E-state index in [0.29, 0.717) is 0 Å². The Bertz CT molecular complexity index is 1200. The van der Waals surface area contributed by atoms with E-state index in [1.165, 1.54) is 44.5 Å². The highest BCUT2D eigenvalue weighted by atomic mass is 28.3. The van der Waals surface area contributed by atoms with E-state index in [-0.39, 0.29) is 35.2 Å². The molecular formula is C24H29N3O6Si. The van der Waals surface area contributed by atoms with Gasteiger partial charge < -0.3 is 28.7 Å². The van der Waals surface area contributed by atoms with Crippen molar-refractivity contribution in [3.63, 3.8) is 0 Å². The SMILES string of the molecule is COc1nc(OC)c(NC(=O)c2ccc(Oc3cc4c(cc3C)CCC[Si]4(C)C)o2)c(OC)n1. The van der Waals surface area contributed by atoms with Gasteiger partial charge in [-0.05, 0) is 36.6 Å². The molecule has 1 aliphatic heterocycles.